The number of para-hydroxylation sites is 1. The van der Waals surface area contributed by atoms with Crippen molar-refractivity contribution in [2.24, 2.45) is 0 Å². The maximum Gasteiger partial charge on any atom is 0.343 e. The summed E-state index contributed by atoms with van der Waals surface area (Å²) in [6.45, 7) is 26.2. The van der Waals surface area contributed by atoms with Gasteiger partial charge in [-0.1, -0.05) is 149 Å². The average Bonchev–Trinajstić information content (AvgIpc) is 4.09. The van der Waals surface area contributed by atoms with Gasteiger partial charge >= 0.3 is 6.85 Å². The lowest BCUT2D eigenvalue weighted by molar-refractivity contribution is 0.332. The molecule has 2 aliphatic carbocycles. The van der Waals surface area contributed by atoms with E-state index in [2.05, 4.69) is 231 Å². The Bertz CT molecular complexity index is 4270. The predicted molar refractivity (Wildman–Crippen MR) is 325 cm³/mol. The SMILES string of the molecule is CC(C)(C)c1ccc(N2c3cc4c(oc5ccccc54)c4c3B(c3sc5cc6c(cc5c32)C(C)(C)CCC6(C)C)N(c2ccc(-c3ccccc3)cc2)c2cc3oc5cc6c(cc5c3cc2-4)C(C)(C)CCC6(C)C)cc1. The van der Waals surface area contributed by atoms with Crippen molar-refractivity contribution in [2.45, 2.75) is 129 Å². The van der Waals surface area contributed by atoms with E-state index in [1.807, 2.05) is 11.3 Å². The molecule has 4 nitrogen and oxygen atoms in total. The summed E-state index contributed by atoms with van der Waals surface area (Å²) in [4.78, 5) is 5.31. The molecule has 5 heterocycles. The van der Waals surface area contributed by atoms with Gasteiger partial charge in [0.05, 0.1) is 5.69 Å². The zero-order valence-corrected chi connectivity index (χ0v) is 46.7. The van der Waals surface area contributed by atoms with Gasteiger partial charge in [-0.3, -0.25) is 0 Å². The van der Waals surface area contributed by atoms with Crippen LogP contribution in [0, 0.1) is 0 Å². The molecular formula is C70H65BN2O2S. The van der Waals surface area contributed by atoms with Crippen LogP contribution in [0.2, 0.25) is 0 Å². The van der Waals surface area contributed by atoms with Crippen molar-refractivity contribution in [3.8, 4) is 22.3 Å². The van der Waals surface area contributed by atoms with E-state index in [1.54, 1.807) is 0 Å². The lowest BCUT2D eigenvalue weighted by Gasteiger charge is -2.44. The number of benzene rings is 8. The molecule has 0 saturated heterocycles. The number of nitrogens with zero attached hydrogens (tertiary/aromatic N) is 2. The summed E-state index contributed by atoms with van der Waals surface area (Å²) in [6, 6.07) is 55.6. The van der Waals surface area contributed by atoms with Crippen LogP contribution in [-0.4, -0.2) is 6.85 Å². The van der Waals surface area contributed by atoms with E-state index < -0.39 is 0 Å². The summed E-state index contributed by atoms with van der Waals surface area (Å²) in [6.07, 6.45) is 4.62. The Hall–Kier alpha value is -7.02. The molecular weight excluding hydrogens is 944 g/mol. The van der Waals surface area contributed by atoms with Crippen molar-refractivity contribution in [1.29, 1.82) is 0 Å². The zero-order chi connectivity index (χ0) is 52.2. The molecule has 0 atom stereocenters. The summed E-state index contributed by atoms with van der Waals surface area (Å²) < 4.78 is 17.2. The Labute approximate surface area is 451 Å². The number of rotatable bonds is 3. The van der Waals surface area contributed by atoms with Crippen molar-refractivity contribution in [3.05, 3.63) is 173 Å². The van der Waals surface area contributed by atoms with Crippen molar-refractivity contribution in [3.63, 3.8) is 0 Å². The normalized spacial score (nSPS) is 17.8. The van der Waals surface area contributed by atoms with Gasteiger partial charge in [-0.15, -0.1) is 11.3 Å². The first-order valence-electron chi connectivity index (χ1n) is 27.8. The van der Waals surface area contributed by atoms with Crippen molar-refractivity contribution in [1.82, 2.24) is 0 Å². The summed E-state index contributed by atoms with van der Waals surface area (Å²) in [5, 5.41) is 5.89. The van der Waals surface area contributed by atoms with Gasteiger partial charge in [0, 0.05) is 76.4 Å². The summed E-state index contributed by atoms with van der Waals surface area (Å²) >= 11 is 1.99. The molecule has 3 aromatic heterocycles. The van der Waals surface area contributed by atoms with Gasteiger partial charge in [-0.25, -0.2) is 0 Å². The summed E-state index contributed by atoms with van der Waals surface area (Å²) in [5.74, 6) is 0. The number of hydrogen-bond acceptors (Lipinski definition) is 5. The molecule has 0 bridgehead atoms. The van der Waals surface area contributed by atoms with Gasteiger partial charge < -0.3 is 18.5 Å². The molecule has 6 heteroatoms. The van der Waals surface area contributed by atoms with E-state index in [0.29, 0.717) is 0 Å². The second-order valence-electron chi connectivity index (χ2n) is 26.6. The number of anilines is 5. The van der Waals surface area contributed by atoms with E-state index in [0.717, 1.165) is 92.4 Å². The Morgan fingerprint density at radius 1 is 0.487 bits per heavy atom. The Morgan fingerprint density at radius 3 is 1.72 bits per heavy atom. The molecule has 4 aliphatic rings. The molecule has 0 saturated carbocycles. The molecule has 0 fully saturated rings. The van der Waals surface area contributed by atoms with Gasteiger partial charge in [0.1, 0.15) is 22.3 Å². The third-order valence-corrected chi connectivity index (χ3v) is 20.1. The van der Waals surface area contributed by atoms with Crippen LogP contribution in [0.3, 0.4) is 0 Å². The number of furan rings is 2. The lowest BCUT2D eigenvalue weighted by Crippen LogP contribution is -2.60. The number of thiophene rings is 1. The molecule has 0 radical (unpaired) electrons. The fourth-order valence-corrected chi connectivity index (χ4v) is 15.5. The highest BCUT2D eigenvalue weighted by atomic mass is 32.1. The third-order valence-electron chi connectivity index (χ3n) is 18.9. The molecule has 2 aliphatic heterocycles. The molecule has 11 aromatic rings. The third kappa shape index (κ3) is 6.49. The first-order valence-corrected chi connectivity index (χ1v) is 28.6. The van der Waals surface area contributed by atoms with Crippen LogP contribution in [-0.2, 0) is 27.1 Å². The quantitative estimate of drug-likeness (QED) is 0.165. The minimum atomic E-state index is -0.205. The van der Waals surface area contributed by atoms with Crippen LogP contribution in [0.4, 0.5) is 28.4 Å². The Kier molecular flexibility index (Phi) is 9.35. The number of hydrogen-bond donors (Lipinski definition) is 0. The van der Waals surface area contributed by atoms with Crippen molar-refractivity contribution < 1.29 is 8.83 Å². The summed E-state index contributed by atoms with van der Waals surface area (Å²) in [5.41, 5.74) is 22.9. The van der Waals surface area contributed by atoms with Gasteiger partial charge in [0.25, 0.3) is 0 Å². The van der Waals surface area contributed by atoms with Crippen molar-refractivity contribution >= 4 is 111 Å². The largest absolute Gasteiger partial charge is 0.456 e. The van der Waals surface area contributed by atoms with Crippen LogP contribution in [0.1, 0.15) is 130 Å². The van der Waals surface area contributed by atoms with Crippen LogP contribution in [0.25, 0.3) is 76.2 Å². The molecule has 0 spiro atoms. The Morgan fingerprint density at radius 2 is 1.05 bits per heavy atom. The van der Waals surface area contributed by atoms with Crippen molar-refractivity contribution in [2.75, 3.05) is 9.71 Å². The topological polar surface area (TPSA) is 32.8 Å². The fourth-order valence-electron chi connectivity index (χ4n) is 14.2. The molecule has 0 amide bonds. The molecule has 376 valence electrons. The maximum absolute atomic E-state index is 7.29. The standard InChI is InChI=1S/C70H65BN2O2S/c1-66(2,3)42-23-27-43(28-24-42)72-56-36-48-45-19-15-16-20-57(45)75-64(48)61-49-33-46-47-34-51-53(69(8,9)31-29-67(51,4)5)37-58(47)74-59(46)39-55(49)73(44-25-21-41(22-26-44)40-17-13-12-14-18-40)71(62(56)61)65-63(72)50-35-52-54(38-60(50)76-65)70(10,11)32-30-68(52,6)7/h12-28,33-39H,29-32H2,1-11H3. The first-order chi connectivity index (χ1) is 36.3. The lowest BCUT2D eigenvalue weighted by atomic mass is 9.46. The second kappa shape index (κ2) is 15.3. The van der Waals surface area contributed by atoms with Gasteiger partial charge in [-0.05, 0) is 164 Å². The first kappa shape index (κ1) is 46.3. The van der Waals surface area contributed by atoms with Gasteiger partial charge in [0.2, 0.25) is 0 Å². The second-order valence-corrected chi connectivity index (χ2v) is 27.7. The van der Waals surface area contributed by atoms with E-state index in [4.69, 9.17) is 8.83 Å². The van der Waals surface area contributed by atoms with Gasteiger partial charge in [0.15, 0.2) is 0 Å². The van der Waals surface area contributed by atoms with E-state index in [-0.39, 0.29) is 33.9 Å². The highest BCUT2D eigenvalue weighted by Gasteiger charge is 2.50. The molecule has 76 heavy (non-hydrogen) atoms. The Balaban J connectivity index is 1.10. The van der Waals surface area contributed by atoms with Gasteiger partial charge in [-0.2, -0.15) is 0 Å². The monoisotopic (exact) mass is 1010 g/mol. The fraction of sp³-hybridized carbons (Fsp3) is 0.286. The minimum absolute atomic E-state index is 0.00507. The maximum atomic E-state index is 7.29. The molecule has 0 unspecified atom stereocenters. The minimum Gasteiger partial charge on any atom is -0.456 e. The number of fused-ring (bicyclic) bond motifs is 15. The van der Waals surface area contributed by atoms with E-state index in [9.17, 15) is 0 Å². The highest BCUT2D eigenvalue weighted by Crippen LogP contribution is 2.57. The highest BCUT2D eigenvalue weighted by molar-refractivity contribution is 7.32. The average molecular weight is 1010 g/mol. The van der Waals surface area contributed by atoms with Crippen LogP contribution >= 0.6 is 11.3 Å². The smallest absolute Gasteiger partial charge is 0.343 e. The molecule has 8 aromatic carbocycles. The van der Waals surface area contributed by atoms with E-state index >= 15 is 0 Å². The molecule has 0 N–H and O–H groups in total. The van der Waals surface area contributed by atoms with Crippen LogP contribution in [0.5, 0.6) is 0 Å². The van der Waals surface area contributed by atoms with Crippen LogP contribution in [0.15, 0.2) is 154 Å². The zero-order valence-electron chi connectivity index (χ0n) is 45.9. The molecule has 15 rings (SSSR count). The van der Waals surface area contributed by atoms with E-state index in [1.165, 1.54) is 76.0 Å². The predicted octanol–water partition coefficient (Wildman–Crippen LogP) is 19.1. The van der Waals surface area contributed by atoms with Crippen LogP contribution < -0.4 is 20.0 Å². The summed E-state index contributed by atoms with van der Waals surface area (Å²) in [7, 11) is 0.